The van der Waals surface area contributed by atoms with Gasteiger partial charge in [0.2, 0.25) is 0 Å². The summed E-state index contributed by atoms with van der Waals surface area (Å²) in [5, 5.41) is 7.18. The molecule has 8 nitrogen and oxygen atoms in total. The lowest BCUT2D eigenvalue weighted by atomic mass is 10.2. The largest absolute Gasteiger partial charge is 0.361 e. The molecule has 1 fully saturated rings. The second-order valence-electron chi connectivity index (χ2n) is 6.62. The Morgan fingerprint density at radius 3 is 2.50 bits per heavy atom. The topological polar surface area (TPSA) is 91.0 Å². The third kappa shape index (κ3) is 3.64. The Balaban J connectivity index is 1.36. The molecule has 1 N–H and O–H groups in total. The van der Waals surface area contributed by atoms with Gasteiger partial charge in [-0.1, -0.05) is 17.3 Å². The van der Waals surface area contributed by atoms with Gasteiger partial charge in [0.15, 0.2) is 0 Å². The molecule has 1 aromatic carbocycles. The molecule has 0 saturated carbocycles. The summed E-state index contributed by atoms with van der Waals surface area (Å²) in [6.07, 6.45) is 0. The summed E-state index contributed by atoms with van der Waals surface area (Å²) >= 11 is 0. The van der Waals surface area contributed by atoms with E-state index in [1.165, 1.54) is 0 Å². The van der Waals surface area contributed by atoms with E-state index in [0.717, 1.165) is 44.2 Å². The number of nitrogens with one attached hydrogen (secondary N) is 1. The third-order valence-corrected chi connectivity index (χ3v) is 5.95. The van der Waals surface area contributed by atoms with Crippen LogP contribution in [0, 0.1) is 6.92 Å². The Kier molecular flexibility index (Phi) is 4.51. The number of nitrogens with zero attached hydrogens (tertiary/aromatic N) is 4. The van der Waals surface area contributed by atoms with Crippen molar-refractivity contribution < 1.29 is 12.9 Å². The van der Waals surface area contributed by atoms with Gasteiger partial charge in [-0.3, -0.25) is 9.80 Å². The molecular weight excluding hydrogens is 354 g/mol. The molecule has 2 aliphatic heterocycles. The fraction of sp³-hybridized carbons (Fsp3) is 0.412. The number of hydrogen-bond acceptors (Lipinski definition) is 7. The normalized spacial score (nSPS) is 20.3. The summed E-state index contributed by atoms with van der Waals surface area (Å²) in [4.78, 5) is 4.76. The Hall–Kier alpha value is -2.23. The van der Waals surface area contributed by atoms with E-state index in [2.05, 4.69) is 24.7 Å². The molecular formula is C17H21N5O3S. The van der Waals surface area contributed by atoms with Crippen LogP contribution in [-0.4, -0.2) is 61.9 Å². The molecule has 4 rings (SSSR count). The van der Waals surface area contributed by atoms with Gasteiger partial charge in [0.05, 0.1) is 17.9 Å². The molecule has 0 aliphatic carbocycles. The lowest BCUT2D eigenvalue weighted by Gasteiger charge is -2.34. The average molecular weight is 375 g/mol. The summed E-state index contributed by atoms with van der Waals surface area (Å²) in [5.74, 6) is 1.30. The first-order valence-corrected chi connectivity index (χ1v) is 10.0. The van der Waals surface area contributed by atoms with Gasteiger partial charge in [0, 0.05) is 38.8 Å². The number of piperazine rings is 1. The van der Waals surface area contributed by atoms with Gasteiger partial charge in [0.1, 0.15) is 16.5 Å². The van der Waals surface area contributed by atoms with E-state index in [-0.39, 0.29) is 4.90 Å². The van der Waals surface area contributed by atoms with Crippen LogP contribution in [0.4, 0.5) is 5.69 Å². The van der Waals surface area contributed by atoms with Crippen LogP contribution >= 0.6 is 0 Å². The first-order valence-electron chi connectivity index (χ1n) is 8.56. The maximum atomic E-state index is 12.3. The van der Waals surface area contributed by atoms with Crippen molar-refractivity contribution in [2.24, 2.45) is 4.40 Å². The minimum absolute atomic E-state index is 0.233. The quantitative estimate of drug-likeness (QED) is 0.861. The molecule has 138 valence electrons. The van der Waals surface area contributed by atoms with Crippen molar-refractivity contribution in [2.45, 2.75) is 18.4 Å². The van der Waals surface area contributed by atoms with Crippen LogP contribution in [0.5, 0.6) is 0 Å². The summed E-state index contributed by atoms with van der Waals surface area (Å²) in [6.45, 7) is 6.62. The van der Waals surface area contributed by atoms with Crippen molar-refractivity contribution in [2.75, 3.05) is 38.0 Å². The zero-order valence-electron chi connectivity index (χ0n) is 14.6. The van der Waals surface area contributed by atoms with Gasteiger partial charge < -0.3 is 9.84 Å². The van der Waals surface area contributed by atoms with Gasteiger partial charge in [-0.2, -0.15) is 8.42 Å². The molecule has 0 spiro atoms. The maximum Gasteiger partial charge on any atom is 0.286 e. The van der Waals surface area contributed by atoms with Gasteiger partial charge in [-0.05, 0) is 19.1 Å². The predicted octanol–water partition coefficient (Wildman–Crippen LogP) is 1.31. The van der Waals surface area contributed by atoms with E-state index in [4.69, 9.17) is 4.52 Å². The number of fused-ring (bicyclic) bond motifs is 1. The zero-order valence-corrected chi connectivity index (χ0v) is 15.4. The van der Waals surface area contributed by atoms with E-state index in [1.807, 2.05) is 19.1 Å². The summed E-state index contributed by atoms with van der Waals surface area (Å²) < 4.78 is 33.7. The number of amidine groups is 1. The monoisotopic (exact) mass is 375 g/mol. The molecule has 1 saturated heterocycles. The molecule has 0 unspecified atom stereocenters. The van der Waals surface area contributed by atoms with Crippen LogP contribution in [0.1, 0.15) is 11.5 Å². The first-order chi connectivity index (χ1) is 12.5. The summed E-state index contributed by atoms with van der Waals surface area (Å²) in [5.41, 5.74) is 1.54. The number of hydrogen-bond donors (Lipinski definition) is 1. The summed E-state index contributed by atoms with van der Waals surface area (Å²) in [6, 6.07) is 8.81. The van der Waals surface area contributed by atoms with Crippen LogP contribution < -0.4 is 5.32 Å². The summed E-state index contributed by atoms with van der Waals surface area (Å²) in [7, 11) is -3.62. The van der Waals surface area contributed by atoms with Crippen LogP contribution in [0.25, 0.3) is 0 Å². The van der Waals surface area contributed by atoms with E-state index in [0.29, 0.717) is 18.1 Å². The number of para-hydroxylation sites is 1. The Morgan fingerprint density at radius 1 is 1.12 bits per heavy atom. The second kappa shape index (κ2) is 6.82. The molecule has 26 heavy (non-hydrogen) atoms. The minimum atomic E-state index is -3.62. The molecule has 0 bridgehead atoms. The molecule has 1 aromatic heterocycles. The van der Waals surface area contributed by atoms with Crippen molar-refractivity contribution in [3.63, 3.8) is 0 Å². The molecule has 0 atom stereocenters. The number of benzene rings is 1. The van der Waals surface area contributed by atoms with Crippen LogP contribution in [0.2, 0.25) is 0 Å². The van der Waals surface area contributed by atoms with Crippen LogP contribution in [-0.2, 0) is 16.6 Å². The molecule has 0 amide bonds. The molecule has 2 aromatic rings. The van der Waals surface area contributed by atoms with Crippen molar-refractivity contribution in [1.29, 1.82) is 0 Å². The first kappa shape index (κ1) is 17.2. The highest BCUT2D eigenvalue weighted by Gasteiger charge is 2.26. The van der Waals surface area contributed by atoms with E-state index < -0.39 is 10.0 Å². The number of sulfonamides is 1. The molecule has 0 radical (unpaired) electrons. The lowest BCUT2D eigenvalue weighted by molar-refractivity contribution is 0.137. The number of aryl methyl sites for hydroxylation is 1. The van der Waals surface area contributed by atoms with E-state index in [9.17, 15) is 8.42 Å². The smallest absolute Gasteiger partial charge is 0.286 e. The lowest BCUT2D eigenvalue weighted by Crippen LogP contribution is -2.48. The Labute approximate surface area is 152 Å². The fourth-order valence-corrected chi connectivity index (χ4v) is 4.41. The number of aromatic nitrogens is 1. The van der Waals surface area contributed by atoms with E-state index in [1.54, 1.807) is 18.2 Å². The van der Waals surface area contributed by atoms with Crippen LogP contribution in [0.15, 0.2) is 44.1 Å². The second-order valence-corrected chi connectivity index (χ2v) is 8.19. The molecule has 9 heteroatoms. The highest BCUT2D eigenvalue weighted by Crippen LogP contribution is 2.26. The van der Waals surface area contributed by atoms with Gasteiger partial charge in [0.25, 0.3) is 10.0 Å². The van der Waals surface area contributed by atoms with Gasteiger partial charge >= 0.3 is 0 Å². The predicted molar refractivity (Wildman–Crippen MR) is 97.6 cm³/mol. The molecule has 3 heterocycles. The van der Waals surface area contributed by atoms with Gasteiger partial charge in [-0.25, -0.2) is 0 Å². The van der Waals surface area contributed by atoms with Crippen molar-refractivity contribution in [1.82, 2.24) is 15.0 Å². The zero-order chi connectivity index (χ0) is 18.1. The fourth-order valence-electron chi connectivity index (χ4n) is 3.27. The Morgan fingerprint density at radius 2 is 1.81 bits per heavy atom. The standard InChI is InChI=1S/C17H21N5O3S/c1-13-10-14(19-25-13)11-21-6-8-22(9-7-21)12-17-18-15-4-2-3-5-16(15)26(23,24)20-17/h2-5,10H,6-9,11-12H2,1H3,(H,18,20). The average Bonchev–Trinajstić information content (AvgIpc) is 3.01. The van der Waals surface area contributed by atoms with Crippen molar-refractivity contribution in [3.8, 4) is 0 Å². The minimum Gasteiger partial charge on any atom is -0.361 e. The third-order valence-electron chi connectivity index (χ3n) is 4.57. The highest BCUT2D eigenvalue weighted by atomic mass is 32.2. The van der Waals surface area contributed by atoms with Crippen molar-refractivity contribution >= 4 is 21.5 Å². The highest BCUT2D eigenvalue weighted by molar-refractivity contribution is 7.90. The number of anilines is 1. The SMILES string of the molecule is Cc1cc(CN2CCN(CC3=NS(=O)(=O)c4ccccc4N3)CC2)no1. The van der Waals surface area contributed by atoms with Crippen LogP contribution in [0.3, 0.4) is 0 Å². The van der Waals surface area contributed by atoms with E-state index >= 15 is 0 Å². The Bertz CT molecular complexity index is 929. The number of rotatable bonds is 4. The maximum absolute atomic E-state index is 12.3. The van der Waals surface area contributed by atoms with Gasteiger partial charge in [-0.15, -0.1) is 4.40 Å². The molecule has 2 aliphatic rings. The van der Waals surface area contributed by atoms with Crippen molar-refractivity contribution in [3.05, 3.63) is 41.8 Å².